The third-order valence-corrected chi connectivity index (χ3v) is 6.15. The number of carboxylic acid groups (broad SMARTS) is 1. The Bertz CT molecular complexity index is 1320. The number of carboxylic acids is 1. The van der Waals surface area contributed by atoms with E-state index in [1.54, 1.807) is 6.20 Å². The fraction of sp³-hybridized carbons (Fsp3) is 0.167. The molecule has 4 aromatic rings. The van der Waals surface area contributed by atoms with Gasteiger partial charge in [-0.25, -0.2) is 19.6 Å². The van der Waals surface area contributed by atoms with Crippen molar-refractivity contribution in [2.45, 2.75) is 18.4 Å². The van der Waals surface area contributed by atoms with E-state index >= 15 is 0 Å². The zero-order valence-corrected chi connectivity index (χ0v) is 18.0. The van der Waals surface area contributed by atoms with Gasteiger partial charge in [0.15, 0.2) is 0 Å². The second kappa shape index (κ2) is 8.55. The molecule has 1 aliphatic carbocycles. The van der Waals surface area contributed by atoms with Crippen molar-refractivity contribution in [3.05, 3.63) is 82.9 Å². The molecule has 0 aliphatic heterocycles. The lowest BCUT2D eigenvalue weighted by atomic mass is 9.98. The maximum Gasteiger partial charge on any atom is 0.407 e. The minimum Gasteiger partial charge on any atom is -0.480 e. The largest absolute Gasteiger partial charge is 0.480 e. The van der Waals surface area contributed by atoms with Crippen molar-refractivity contribution in [3.63, 3.8) is 0 Å². The highest BCUT2D eigenvalue weighted by Crippen LogP contribution is 2.44. The van der Waals surface area contributed by atoms with Gasteiger partial charge in [-0.15, -0.1) is 0 Å². The van der Waals surface area contributed by atoms with E-state index in [0.29, 0.717) is 16.6 Å². The van der Waals surface area contributed by atoms with Crippen molar-refractivity contribution in [2.75, 3.05) is 6.61 Å². The Labute approximate surface area is 193 Å². The van der Waals surface area contributed by atoms with Crippen LogP contribution in [0.15, 0.2) is 61.1 Å². The first-order valence-corrected chi connectivity index (χ1v) is 10.7. The SMILES string of the molecule is O=C(N[C@@H](Cc1c[nH]c2ncnc(Cl)c12)C(=O)O)OCC1c2ccccc2-c2ccccc21. The summed E-state index contributed by atoms with van der Waals surface area (Å²) in [5.41, 5.74) is 5.47. The summed E-state index contributed by atoms with van der Waals surface area (Å²) in [5.74, 6) is -1.30. The van der Waals surface area contributed by atoms with Crippen LogP contribution in [0.1, 0.15) is 22.6 Å². The van der Waals surface area contributed by atoms with Crippen molar-refractivity contribution in [1.82, 2.24) is 20.3 Å². The Morgan fingerprint density at radius 2 is 1.76 bits per heavy atom. The third kappa shape index (κ3) is 3.89. The van der Waals surface area contributed by atoms with Crippen LogP contribution < -0.4 is 5.32 Å². The number of carbonyl (C=O) groups excluding carboxylic acids is 1. The van der Waals surface area contributed by atoms with Gasteiger partial charge in [0.05, 0.1) is 5.39 Å². The number of amides is 1. The molecule has 2 heterocycles. The maximum absolute atomic E-state index is 12.5. The Hall–Kier alpha value is -3.91. The monoisotopic (exact) mass is 462 g/mol. The van der Waals surface area contributed by atoms with Gasteiger partial charge < -0.3 is 20.1 Å². The second-order valence-corrected chi connectivity index (χ2v) is 8.12. The van der Waals surface area contributed by atoms with Crippen LogP contribution in [0.25, 0.3) is 22.2 Å². The summed E-state index contributed by atoms with van der Waals surface area (Å²) in [4.78, 5) is 35.3. The van der Waals surface area contributed by atoms with E-state index in [4.69, 9.17) is 16.3 Å². The number of aromatic amines is 1. The van der Waals surface area contributed by atoms with E-state index in [0.717, 1.165) is 22.3 Å². The Balaban J connectivity index is 1.29. The highest BCUT2D eigenvalue weighted by atomic mass is 35.5. The predicted octanol–water partition coefficient (Wildman–Crippen LogP) is 4.15. The standard InChI is InChI=1S/C24H19ClN4O4/c25-21-20-13(10-26-22(20)28-12-27-21)9-19(23(30)31)29-24(32)33-11-18-16-7-3-1-5-14(16)15-6-2-4-8-17(15)18/h1-8,10,12,18-19H,9,11H2,(H,29,32)(H,30,31)(H,26,27,28)/t19-/m0/s1. The molecule has 5 rings (SSSR count). The number of fused-ring (bicyclic) bond motifs is 4. The molecular weight excluding hydrogens is 444 g/mol. The minimum atomic E-state index is -1.21. The average molecular weight is 463 g/mol. The van der Waals surface area contributed by atoms with Crippen molar-refractivity contribution in [3.8, 4) is 11.1 Å². The van der Waals surface area contributed by atoms with Crippen molar-refractivity contribution in [2.24, 2.45) is 0 Å². The molecule has 1 atom stereocenters. The summed E-state index contributed by atoms with van der Waals surface area (Å²) in [6, 6.07) is 14.8. The number of carbonyl (C=O) groups is 2. The highest BCUT2D eigenvalue weighted by Gasteiger charge is 2.30. The molecule has 166 valence electrons. The van der Waals surface area contributed by atoms with Gasteiger partial charge in [0.25, 0.3) is 0 Å². The van der Waals surface area contributed by atoms with Gasteiger partial charge in [-0.1, -0.05) is 60.1 Å². The van der Waals surface area contributed by atoms with Gasteiger partial charge >= 0.3 is 12.1 Å². The minimum absolute atomic E-state index is 0.00732. The normalized spacial score (nSPS) is 13.4. The van der Waals surface area contributed by atoms with E-state index < -0.39 is 18.1 Å². The summed E-state index contributed by atoms with van der Waals surface area (Å²) in [6.07, 6.45) is 2.12. The molecule has 2 aromatic carbocycles. The van der Waals surface area contributed by atoms with E-state index in [2.05, 4.69) is 20.3 Å². The second-order valence-electron chi connectivity index (χ2n) is 7.77. The van der Waals surface area contributed by atoms with Crippen molar-refractivity contribution in [1.29, 1.82) is 0 Å². The smallest absolute Gasteiger partial charge is 0.407 e. The van der Waals surface area contributed by atoms with Crippen LogP contribution in [0.2, 0.25) is 5.15 Å². The van der Waals surface area contributed by atoms with Crippen LogP contribution in [0.5, 0.6) is 0 Å². The Morgan fingerprint density at radius 3 is 2.42 bits per heavy atom. The molecule has 1 amide bonds. The zero-order chi connectivity index (χ0) is 22.9. The van der Waals surface area contributed by atoms with Crippen molar-refractivity contribution < 1.29 is 19.4 Å². The third-order valence-electron chi connectivity index (χ3n) is 5.86. The lowest BCUT2D eigenvalue weighted by Gasteiger charge is -2.17. The topological polar surface area (TPSA) is 117 Å². The molecule has 2 aromatic heterocycles. The molecule has 0 unspecified atom stereocenters. The van der Waals surface area contributed by atoms with Gasteiger partial charge in [0, 0.05) is 18.5 Å². The summed E-state index contributed by atoms with van der Waals surface area (Å²) in [6.45, 7) is 0.0962. The molecule has 0 bridgehead atoms. The lowest BCUT2D eigenvalue weighted by Crippen LogP contribution is -2.42. The van der Waals surface area contributed by atoms with Gasteiger partial charge in [-0.05, 0) is 27.8 Å². The molecule has 0 saturated heterocycles. The van der Waals surface area contributed by atoms with Gasteiger partial charge in [-0.2, -0.15) is 0 Å². The number of alkyl carbamates (subject to hydrolysis) is 1. The number of nitrogens with one attached hydrogen (secondary N) is 2. The average Bonchev–Trinajstić information content (AvgIpc) is 3.37. The van der Waals surface area contributed by atoms with E-state index in [1.807, 2.05) is 48.5 Å². The fourth-order valence-electron chi connectivity index (χ4n) is 4.35. The number of rotatable bonds is 6. The Morgan fingerprint density at radius 1 is 1.09 bits per heavy atom. The van der Waals surface area contributed by atoms with Gasteiger partial charge in [0.2, 0.25) is 0 Å². The number of nitrogens with zero attached hydrogens (tertiary/aromatic N) is 2. The first kappa shape index (κ1) is 21.0. The fourth-order valence-corrected chi connectivity index (χ4v) is 4.60. The first-order valence-electron chi connectivity index (χ1n) is 10.3. The number of aromatic nitrogens is 3. The quantitative estimate of drug-likeness (QED) is 0.371. The van der Waals surface area contributed by atoms with Crippen LogP contribution in [0.3, 0.4) is 0 Å². The van der Waals surface area contributed by atoms with Crippen LogP contribution in [0, 0.1) is 0 Å². The number of aliphatic carboxylic acids is 1. The maximum atomic E-state index is 12.5. The predicted molar refractivity (Wildman–Crippen MR) is 122 cm³/mol. The van der Waals surface area contributed by atoms with E-state index in [1.165, 1.54) is 6.33 Å². The molecule has 0 spiro atoms. The van der Waals surface area contributed by atoms with Crippen LogP contribution in [-0.2, 0) is 16.0 Å². The van der Waals surface area contributed by atoms with E-state index in [9.17, 15) is 14.7 Å². The summed E-state index contributed by atoms with van der Waals surface area (Å²) in [5, 5.41) is 12.8. The van der Waals surface area contributed by atoms with Crippen molar-refractivity contribution >= 4 is 34.7 Å². The zero-order valence-electron chi connectivity index (χ0n) is 17.3. The highest BCUT2D eigenvalue weighted by molar-refractivity contribution is 6.34. The molecule has 8 nitrogen and oxygen atoms in total. The number of H-pyrrole nitrogens is 1. The molecule has 1 aliphatic rings. The molecule has 9 heteroatoms. The molecule has 33 heavy (non-hydrogen) atoms. The molecular formula is C24H19ClN4O4. The van der Waals surface area contributed by atoms with Crippen LogP contribution in [0.4, 0.5) is 4.79 Å². The summed E-state index contributed by atoms with van der Waals surface area (Å²) >= 11 is 6.15. The lowest BCUT2D eigenvalue weighted by molar-refractivity contribution is -0.139. The molecule has 3 N–H and O–H groups in total. The van der Waals surface area contributed by atoms with Gasteiger partial charge in [-0.3, -0.25) is 0 Å². The number of ether oxygens (including phenoxy) is 1. The summed E-state index contributed by atoms with van der Waals surface area (Å²) in [7, 11) is 0. The number of hydrogen-bond donors (Lipinski definition) is 3. The Kier molecular flexibility index (Phi) is 5.43. The number of halogens is 1. The number of benzene rings is 2. The van der Waals surface area contributed by atoms with Crippen LogP contribution >= 0.6 is 11.6 Å². The summed E-state index contributed by atoms with van der Waals surface area (Å²) < 4.78 is 5.48. The number of hydrogen-bond acceptors (Lipinski definition) is 5. The van der Waals surface area contributed by atoms with Gasteiger partial charge in [0.1, 0.15) is 29.8 Å². The molecule has 0 radical (unpaired) electrons. The first-order chi connectivity index (χ1) is 16.0. The van der Waals surface area contributed by atoms with E-state index in [-0.39, 0.29) is 24.1 Å². The molecule has 0 fully saturated rings. The van der Waals surface area contributed by atoms with Crippen LogP contribution in [-0.4, -0.2) is 44.8 Å². The molecule has 0 saturated carbocycles.